The van der Waals surface area contributed by atoms with E-state index >= 15 is 0 Å². The van der Waals surface area contributed by atoms with Gasteiger partial charge < -0.3 is 4.90 Å². The number of carbonyl (C=O) groups is 1. The van der Waals surface area contributed by atoms with Gasteiger partial charge in [-0.15, -0.1) is 0 Å². The van der Waals surface area contributed by atoms with Crippen LogP contribution in [0.2, 0.25) is 5.02 Å². The van der Waals surface area contributed by atoms with Crippen molar-refractivity contribution < 1.29 is 18.0 Å². The third kappa shape index (κ3) is 4.36. The molecule has 1 aliphatic rings. The molecule has 2 rings (SSSR count). The maximum absolute atomic E-state index is 12.3. The number of carbonyl (C=O) groups excluding carboxylic acids is 1. The molecule has 0 N–H and O–H groups in total. The maximum Gasteiger partial charge on any atom is 0.397 e. The number of rotatable bonds is 3. The zero-order valence-corrected chi connectivity index (χ0v) is 13.0. The summed E-state index contributed by atoms with van der Waals surface area (Å²) in [6.07, 6.45) is -5.83. The van der Waals surface area contributed by atoms with Crippen LogP contribution < -0.4 is 0 Å². The van der Waals surface area contributed by atoms with Gasteiger partial charge in [-0.25, -0.2) is 0 Å². The third-order valence-electron chi connectivity index (χ3n) is 3.92. The average Bonchev–Trinajstić information content (AvgIpc) is 2.45. The standard InChI is InChI=1S/C15H18ClF3N2O/c1-11(12-4-2-3-5-13(12)16)20-6-8-21(9-7-20)14(22)10-15(17,18)19/h2-5,11H,6-10H2,1H3. The predicted molar refractivity (Wildman–Crippen MR) is 78.7 cm³/mol. The molecule has 1 fully saturated rings. The number of halogens is 4. The van der Waals surface area contributed by atoms with Gasteiger partial charge in [0.1, 0.15) is 6.42 Å². The number of nitrogens with zero attached hydrogens (tertiary/aromatic N) is 2. The van der Waals surface area contributed by atoms with Crippen molar-refractivity contribution in [1.29, 1.82) is 0 Å². The molecule has 7 heteroatoms. The van der Waals surface area contributed by atoms with Gasteiger partial charge in [-0.3, -0.25) is 9.69 Å². The topological polar surface area (TPSA) is 23.6 Å². The van der Waals surface area contributed by atoms with E-state index in [4.69, 9.17) is 11.6 Å². The molecule has 122 valence electrons. The highest BCUT2D eigenvalue weighted by atomic mass is 35.5. The Morgan fingerprint density at radius 3 is 2.36 bits per heavy atom. The minimum Gasteiger partial charge on any atom is -0.340 e. The van der Waals surface area contributed by atoms with Gasteiger partial charge in [-0.1, -0.05) is 29.8 Å². The van der Waals surface area contributed by atoms with Crippen molar-refractivity contribution in [2.24, 2.45) is 0 Å². The lowest BCUT2D eigenvalue weighted by Crippen LogP contribution is -2.50. The summed E-state index contributed by atoms with van der Waals surface area (Å²) < 4.78 is 36.8. The van der Waals surface area contributed by atoms with E-state index < -0.39 is 18.5 Å². The highest BCUT2D eigenvalue weighted by molar-refractivity contribution is 6.31. The summed E-state index contributed by atoms with van der Waals surface area (Å²) in [5.74, 6) is -0.849. The van der Waals surface area contributed by atoms with Crippen molar-refractivity contribution in [3.05, 3.63) is 34.9 Å². The van der Waals surface area contributed by atoms with Crippen LogP contribution in [0.15, 0.2) is 24.3 Å². The second-order valence-corrected chi connectivity index (χ2v) is 5.81. The van der Waals surface area contributed by atoms with Gasteiger partial charge in [0.25, 0.3) is 0 Å². The highest BCUT2D eigenvalue weighted by Gasteiger charge is 2.35. The van der Waals surface area contributed by atoms with Gasteiger partial charge in [0.15, 0.2) is 0 Å². The normalized spacial score (nSPS) is 18.3. The molecule has 1 saturated heterocycles. The summed E-state index contributed by atoms with van der Waals surface area (Å²) in [7, 11) is 0. The molecule has 22 heavy (non-hydrogen) atoms. The van der Waals surface area contributed by atoms with Gasteiger partial charge in [0.05, 0.1) is 0 Å². The van der Waals surface area contributed by atoms with Crippen LogP contribution in [0, 0.1) is 0 Å². The summed E-state index contributed by atoms with van der Waals surface area (Å²) in [6.45, 7) is 3.70. The summed E-state index contributed by atoms with van der Waals surface area (Å²) >= 11 is 6.17. The Bertz CT molecular complexity index is 528. The Hall–Kier alpha value is -1.27. The van der Waals surface area contributed by atoms with E-state index in [-0.39, 0.29) is 6.04 Å². The Morgan fingerprint density at radius 1 is 1.23 bits per heavy atom. The highest BCUT2D eigenvalue weighted by Crippen LogP contribution is 2.28. The van der Waals surface area contributed by atoms with Crippen LogP contribution in [0.25, 0.3) is 0 Å². The lowest BCUT2D eigenvalue weighted by Gasteiger charge is -2.38. The van der Waals surface area contributed by atoms with Crippen LogP contribution in [-0.4, -0.2) is 48.1 Å². The third-order valence-corrected chi connectivity index (χ3v) is 4.27. The van der Waals surface area contributed by atoms with Crippen molar-refractivity contribution in [3.8, 4) is 0 Å². The molecule has 1 aromatic rings. The fraction of sp³-hybridized carbons (Fsp3) is 0.533. The first kappa shape index (κ1) is 17.1. The molecular weight excluding hydrogens is 317 g/mol. The first-order valence-corrected chi connectivity index (χ1v) is 7.49. The molecule has 0 spiro atoms. The van der Waals surface area contributed by atoms with Gasteiger partial charge >= 0.3 is 6.18 Å². The molecule has 0 bridgehead atoms. The van der Waals surface area contributed by atoms with Crippen molar-refractivity contribution >= 4 is 17.5 Å². The van der Waals surface area contributed by atoms with Crippen molar-refractivity contribution in [1.82, 2.24) is 9.80 Å². The number of hydrogen-bond acceptors (Lipinski definition) is 2. The molecule has 3 nitrogen and oxygen atoms in total. The van der Waals surface area contributed by atoms with Crippen LogP contribution in [0.5, 0.6) is 0 Å². The van der Waals surface area contributed by atoms with E-state index in [1.54, 1.807) is 0 Å². The number of piperazine rings is 1. The Labute approximate surface area is 132 Å². The quantitative estimate of drug-likeness (QED) is 0.844. The van der Waals surface area contributed by atoms with Crippen LogP contribution in [0.1, 0.15) is 24.9 Å². The molecule has 1 unspecified atom stereocenters. The number of benzene rings is 1. The van der Waals surface area contributed by atoms with E-state index in [1.807, 2.05) is 31.2 Å². The fourth-order valence-corrected chi connectivity index (χ4v) is 2.95. The lowest BCUT2D eigenvalue weighted by atomic mass is 10.1. The van der Waals surface area contributed by atoms with E-state index in [0.29, 0.717) is 31.2 Å². The summed E-state index contributed by atoms with van der Waals surface area (Å²) in [4.78, 5) is 15.0. The summed E-state index contributed by atoms with van der Waals surface area (Å²) in [5.41, 5.74) is 0.985. The largest absolute Gasteiger partial charge is 0.397 e. The smallest absolute Gasteiger partial charge is 0.340 e. The lowest BCUT2D eigenvalue weighted by molar-refractivity contribution is -0.162. The molecule has 0 aliphatic carbocycles. The minimum atomic E-state index is -4.45. The molecule has 1 heterocycles. The molecule has 1 aliphatic heterocycles. The molecule has 1 amide bonds. The minimum absolute atomic E-state index is 0.0635. The fourth-order valence-electron chi connectivity index (χ4n) is 2.65. The first-order chi connectivity index (χ1) is 10.3. The maximum atomic E-state index is 12.3. The van der Waals surface area contributed by atoms with E-state index in [9.17, 15) is 18.0 Å². The second-order valence-electron chi connectivity index (χ2n) is 5.41. The molecule has 1 atom stereocenters. The SMILES string of the molecule is CC(c1ccccc1Cl)N1CCN(C(=O)CC(F)(F)F)CC1. The van der Waals surface area contributed by atoms with Gasteiger partial charge in [0.2, 0.25) is 5.91 Å². The number of amides is 1. The number of hydrogen-bond donors (Lipinski definition) is 0. The van der Waals surface area contributed by atoms with Gasteiger partial charge in [-0.2, -0.15) is 13.2 Å². The van der Waals surface area contributed by atoms with Crippen LogP contribution in [0.4, 0.5) is 13.2 Å². The Morgan fingerprint density at radius 2 is 1.82 bits per heavy atom. The van der Waals surface area contributed by atoms with Crippen molar-refractivity contribution in [3.63, 3.8) is 0 Å². The summed E-state index contributed by atoms with van der Waals surface area (Å²) in [5, 5.41) is 0.672. The Balaban J connectivity index is 1.92. The Kier molecular flexibility index (Phi) is 5.34. The van der Waals surface area contributed by atoms with Gasteiger partial charge in [-0.05, 0) is 18.6 Å². The zero-order chi connectivity index (χ0) is 16.3. The van der Waals surface area contributed by atoms with Crippen LogP contribution in [-0.2, 0) is 4.79 Å². The van der Waals surface area contributed by atoms with Crippen molar-refractivity contribution in [2.75, 3.05) is 26.2 Å². The van der Waals surface area contributed by atoms with E-state index in [1.165, 1.54) is 4.90 Å². The van der Waals surface area contributed by atoms with E-state index in [2.05, 4.69) is 4.90 Å². The molecular formula is C15H18ClF3N2O. The van der Waals surface area contributed by atoms with Crippen molar-refractivity contribution in [2.45, 2.75) is 25.6 Å². The number of alkyl halides is 3. The van der Waals surface area contributed by atoms with Crippen LogP contribution >= 0.6 is 11.6 Å². The predicted octanol–water partition coefficient (Wildman–Crippen LogP) is 3.50. The monoisotopic (exact) mass is 334 g/mol. The zero-order valence-electron chi connectivity index (χ0n) is 12.2. The second kappa shape index (κ2) is 6.87. The van der Waals surface area contributed by atoms with E-state index in [0.717, 1.165) is 5.56 Å². The van der Waals surface area contributed by atoms with Crippen LogP contribution in [0.3, 0.4) is 0 Å². The molecule has 0 radical (unpaired) electrons. The molecule has 1 aromatic carbocycles. The summed E-state index contributed by atoms with van der Waals surface area (Å²) in [6, 6.07) is 7.58. The first-order valence-electron chi connectivity index (χ1n) is 7.11. The van der Waals surface area contributed by atoms with Gasteiger partial charge in [0, 0.05) is 37.2 Å². The molecule has 0 aromatic heterocycles. The average molecular weight is 335 g/mol. The molecule has 0 saturated carbocycles.